The van der Waals surface area contributed by atoms with Crippen LogP contribution < -0.4 is 10.6 Å². The van der Waals surface area contributed by atoms with E-state index in [1.54, 1.807) is 0 Å². The molecule has 0 aliphatic rings. The Morgan fingerprint density at radius 2 is 2.07 bits per heavy atom. The number of nitrogens with one attached hydrogen (secondary N) is 2. The van der Waals surface area contributed by atoms with Gasteiger partial charge in [0.2, 0.25) is 5.91 Å². The molecule has 14 heavy (non-hydrogen) atoms. The van der Waals surface area contributed by atoms with Gasteiger partial charge in [-0.1, -0.05) is 6.92 Å². The second-order valence-electron chi connectivity index (χ2n) is 4.04. The van der Waals surface area contributed by atoms with Crippen molar-refractivity contribution < 1.29 is 9.90 Å². The molecule has 0 fully saturated rings. The smallest absolute Gasteiger partial charge is 0.239 e. The summed E-state index contributed by atoms with van der Waals surface area (Å²) in [6, 6.07) is 0.0189. The first-order chi connectivity index (χ1) is 6.44. The summed E-state index contributed by atoms with van der Waals surface area (Å²) in [7, 11) is 0. The third-order valence-electron chi connectivity index (χ3n) is 2.13. The number of carbonyl (C=O) groups is 1. The lowest BCUT2D eigenvalue weighted by atomic mass is 10.0. The second-order valence-corrected chi connectivity index (χ2v) is 4.04. The number of carbonyl (C=O) groups excluding carboxylic acids is 1. The van der Waals surface area contributed by atoms with Gasteiger partial charge in [0.25, 0.3) is 0 Å². The van der Waals surface area contributed by atoms with Gasteiger partial charge in [-0.15, -0.1) is 0 Å². The van der Waals surface area contributed by atoms with Crippen molar-refractivity contribution in [2.45, 2.75) is 45.7 Å². The summed E-state index contributed by atoms with van der Waals surface area (Å²) in [6.07, 6.45) is 0.591. The fraction of sp³-hybridized carbons (Fsp3) is 0.900. The highest BCUT2D eigenvalue weighted by molar-refractivity contribution is 5.85. The van der Waals surface area contributed by atoms with Crippen molar-refractivity contribution in [3.8, 4) is 0 Å². The van der Waals surface area contributed by atoms with Gasteiger partial charge in [0.15, 0.2) is 0 Å². The van der Waals surface area contributed by atoms with Gasteiger partial charge in [-0.3, -0.25) is 4.79 Å². The summed E-state index contributed by atoms with van der Waals surface area (Å²) < 4.78 is 0. The van der Waals surface area contributed by atoms with E-state index < -0.39 is 5.54 Å². The lowest BCUT2D eigenvalue weighted by molar-refractivity contribution is -0.127. The number of hydrogen-bond donors (Lipinski definition) is 3. The zero-order valence-corrected chi connectivity index (χ0v) is 9.55. The van der Waals surface area contributed by atoms with Crippen LogP contribution in [0.2, 0.25) is 0 Å². The number of aliphatic hydroxyl groups excluding tert-OH is 1. The molecule has 0 rings (SSSR count). The average Bonchev–Trinajstić information content (AvgIpc) is 2.04. The minimum atomic E-state index is -0.543. The molecule has 4 nitrogen and oxygen atoms in total. The van der Waals surface area contributed by atoms with Crippen molar-refractivity contribution in [3.63, 3.8) is 0 Å². The van der Waals surface area contributed by atoms with E-state index in [1.807, 2.05) is 27.7 Å². The molecule has 3 N–H and O–H groups in total. The van der Waals surface area contributed by atoms with Gasteiger partial charge in [-0.25, -0.2) is 0 Å². The number of likely N-dealkylation sites (N-methyl/N-ethyl adjacent to an activating group) is 1. The van der Waals surface area contributed by atoms with Crippen LogP contribution in [0.25, 0.3) is 0 Å². The standard InChI is InChI=1S/C10H22N2O2/c1-5-11-10(3,4)9(14)12-8(2)6-7-13/h8,11,13H,5-7H2,1-4H3,(H,12,14). The molecule has 0 aromatic heterocycles. The molecule has 0 saturated carbocycles. The quantitative estimate of drug-likeness (QED) is 0.579. The minimum Gasteiger partial charge on any atom is -0.396 e. The van der Waals surface area contributed by atoms with E-state index in [-0.39, 0.29) is 18.6 Å². The van der Waals surface area contributed by atoms with Crippen LogP contribution in [0.4, 0.5) is 0 Å². The predicted molar refractivity (Wildman–Crippen MR) is 57.1 cm³/mol. The van der Waals surface area contributed by atoms with Crippen LogP contribution >= 0.6 is 0 Å². The van der Waals surface area contributed by atoms with Crippen molar-refractivity contribution in [1.29, 1.82) is 0 Å². The maximum Gasteiger partial charge on any atom is 0.239 e. The summed E-state index contributed by atoms with van der Waals surface area (Å²) in [5, 5.41) is 14.6. The van der Waals surface area contributed by atoms with E-state index in [0.29, 0.717) is 6.42 Å². The molecule has 0 aromatic carbocycles. The van der Waals surface area contributed by atoms with Gasteiger partial charge < -0.3 is 15.7 Å². The van der Waals surface area contributed by atoms with Crippen LogP contribution in [0.5, 0.6) is 0 Å². The van der Waals surface area contributed by atoms with Crippen LogP contribution in [0, 0.1) is 0 Å². The first-order valence-electron chi connectivity index (χ1n) is 5.11. The van der Waals surface area contributed by atoms with Gasteiger partial charge >= 0.3 is 0 Å². The third-order valence-corrected chi connectivity index (χ3v) is 2.13. The Labute approximate surface area is 86.1 Å². The molecule has 1 unspecified atom stereocenters. The topological polar surface area (TPSA) is 61.4 Å². The molecule has 0 saturated heterocycles. The van der Waals surface area contributed by atoms with Crippen molar-refractivity contribution in [3.05, 3.63) is 0 Å². The summed E-state index contributed by atoms with van der Waals surface area (Å²) in [6.45, 7) is 8.40. The zero-order chi connectivity index (χ0) is 11.2. The fourth-order valence-electron chi connectivity index (χ4n) is 1.19. The largest absolute Gasteiger partial charge is 0.396 e. The molecule has 1 atom stereocenters. The molecule has 4 heteroatoms. The van der Waals surface area contributed by atoms with E-state index >= 15 is 0 Å². The second kappa shape index (κ2) is 5.98. The summed E-state index contributed by atoms with van der Waals surface area (Å²) in [4.78, 5) is 11.7. The van der Waals surface area contributed by atoms with E-state index in [1.165, 1.54) is 0 Å². The van der Waals surface area contributed by atoms with E-state index in [2.05, 4.69) is 10.6 Å². The Balaban J connectivity index is 4.05. The van der Waals surface area contributed by atoms with Gasteiger partial charge in [0.1, 0.15) is 0 Å². The van der Waals surface area contributed by atoms with Crippen LogP contribution in [-0.4, -0.2) is 35.7 Å². The van der Waals surface area contributed by atoms with Crippen LogP contribution in [0.3, 0.4) is 0 Å². The first kappa shape index (κ1) is 13.4. The van der Waals surface area contributed by atoms with E-state index in [4.69, 9.17) is 5.11 Å². The highest BCUT2D eigenvalue weighted by atomic mass is 16.3. The molecule has 0 aliphatic heterocycles. The maximum atomic E-state index is 11.7. The Morgan fingerprint density at radius 3 is 2.50 bits per heavy atom. The molecule has 0 aliphatic carbocycles. The van der Waals surface area contributed by atoms with Gasteiger partial charge in [0, 0.05) is 12.6 Å². The number of amides is 1. The Morgan fingerprint density at radius 1 is 1.50 bits per heavy atom. The highest BCUT2D eigenvalue weighted by Gasteiger charge is 2.26. The van der Waals surface area contributed by atoms with Gasteiger partial charge in [-0.05, 0) is 33.7 Å². The van der Waals surface area contributed by atoms with Crippen LogP contribution in [-0.2, 0) is 4.79 Å². The van der Waals surface area contributed by atoms with Crippen LogP contribution in [0.1, 0.15) is 34.1 Å². The minimum absolute atomic E-state index is 0.0189. The lowest BCUT2D eigenvalue weighted by Gasteiger charge is -2.26. The monoisotopic (exact) mass is 202 g/mol. The van der Waals surface area contributed by atoms with Crippen molar-refractivity contribution in [1.82, 2.24) is 10.6 Å². The molecule has 0 radical (unpaired) electrons. The summed E-state index contributed by atoms with van der Waals surface area (Å²) in [5.74, 6) is -0.0275. The van der Waals surface area contributed by atoms with E-state index in [0.717, 1.165) is 6.54 Å². The van der Waals surface area contributed by atoms with Gasteiger partial charge in [0.05, 0.1) is 5.54 Å². The molecule has 84 valence electrons. The summed E-state index contributed by atoms with van der Waals surface area (Å²) in [5.41, 5.74) is -0.543. The Kier molecular flexibility index (Phi) is 5.72. The Hall–Kier alpha value is -0.610. The zero-order valence-electron chi connectivity index (χ0n) is 9.55. The van der Waals surface area contributed by atoms with Gasteiger partial charge in [-0.2, -0.15) is 0 Å². The molecular weight excluding hydrogens is 180 g/mol. The summed E-state index contributed by atoms with van der Waals surface area (Å²) >= 11 is 0. The number of rotatable bonds is 6. The molecule has 1 amide bonds. The number of hydrogen-bond acceptors (Lipinski definition) is 3. The molecule has 0 heterocycles. The lowest BCUT2D eigenvalue weighted by Crippen LogP contribution is -2.54. The highest BCUT2D eigenvalue weighted by Crippen LogP contribution is 2.02. The van der Waals surface area contributed by atoms with Crippen molar-refractivity contribution in [2.75, 3.05) is 13.2 Å². The predicted octanol–water partition coefficient (Wildman–Crippen LogP) is 0.262. The van der Waals surface area contributed by atoms with Crippen molar-refractivity contribution in [2.24, 2.45) is 0 Å². The molecular formula is C10H22N2O2. The van der Waals surface area contributed by atoms with E-state index in [9.17, 15) is 4.79 Å². The Bertz CT molecular complexity index is 181. The maximum absolute atomic E-state index is 11.7. The molecule has 0 spiro atoms. The third kappa shape index (κ3) is 4.58. The molecule has 0 bridgehead atoms. The normalized spacial score (nSPS) is 13.8. The van der Waals surface area contributed by atoms with Crippen LogP contribution in [0.15, 0.2) is 0 Å². The number of aliphatic hydroxyl groups is 1. The van der Waals surface area contributed by atoms with Crippen molar-refractivity contribution >= 4 is 5.91 Å². The fourth-order valence-corrected chi connectivity index (χ4v) is 1.19. The SMILES string of the molecule is CCNC(C)(C)C(=O)NC(C)CCO. The molecule has 0 aromatic rings. The average molecular weight is 202 g/mol. The first-order valence-corrected chi connectivity index (χ1v) is 5.11.